The molecule has 0 spiro atoms. The Kier molecular flexibility index (Phi) is 4.57. The van der Waals surface area contributed by atoms with Crippen LogP contribution in [0.1, 0.15) is 20.7 Å². The molecular formula is C14H10Br2N2O2. The molecular weight excluding hydrogens is 388 g/mol. The summed E-state index contributed by atoms with van der Waals surface area (Å²) in [5.74, 6) is -0.806. The molecule has 6 heteroatoms. The second-order valence-corrected chi connectivity index (χ2v) is 5.89. The molecule has 102 valence electrons. The predicted octanol–water partition coefficient (Wildman–Crippen LogP) is 3.56. The Bertz CT molecular complexity index is 666. The van der Waals surface area contributed by atoms with Crippen molar-refractivity contribution in [3.63, 3.8) is 0 Å². The number of benzene rings is 2. The van der Waals surface area contributed by atoms with Crippen LogP contribution in [0.5, 0.6) is 0 Å². The zero-order valence-electron chi connectivity index (χ0n) is 10.2. The van der Waals surface area contributed by atoms with Gasteiger partial charge < -0.3 is 11.1 Å². The summed E-state index contributed by atoms with van der Waals surface area (Å²) < 4.78 is 1.59. The minimum atomic E-state index is -0.536. The average molecular weight is 398 g/mol. The SMILES string of the molecule is NC(=O)c1cccc(NC(=O)c2cc(Br)cc(Br)c2)c1. The van der Waals surface area contributed by atoms with E-state index in [1.807, 2.05) is 6.07 Å². The summed E-state index contributed by atoms with van der Waals surface area (Å²) in [7, 11) is 0. The second kappa shape index (κ2) is 6.19. The lowest BCUT2D eigenvalue weighted by Crippen LogP contribution is -2.14. The van der Waals surface area contributed by atoms with Gasteiger partial charge in [-0.2, -0.15) is 0 Å². The molecule has 2 aromatic carbocycles. The topological polar surface area (TPSA) is 72.2 Å². The summed E-state index contributed by atoms with van der Waals surface area (Å²) in [4.78, 5) is 23.2. The summed E-state index contributed by atoms with van der Waals surface area (Å²) in [6.07, 6.45) is 0. The largest absolute Gasteiger partial charge is 0.366 e. The number of carbonyl (C=O) groups is 2. The maximum Gasteiger partial charge on any atom is 0.255 e. The number of nitrogens with two attached hydrogens (primary N) is 1. The third-order valence-electron chi connectivity index (χ3n) is 2.53. The number of amides is 2. The minimum absolute atomic E-state index is 0.270. The summed E-state index contributed by atoms with van der Waals surface area (Å²) in [6, 6.07) is 11.7. The van der Waals surface area contributed by atoms with Crippen molar-refractivity contribution in [2.75, 3.05) is 5.32 Å². The lowest BCUT2D eigenvalue weighted by atomic mass is 10.1. The maximum absolute atomic E-state index is 12.1. The van der Waals surface area contributed by atoms with E-state index in [2.05, 4.69) is 37.2 Å². The van der Waals surface area contributed by atoms with E-state index in [9.17, 15) is 9.59 Å². The van der Waals surface area contributed by atoms with Crippen molar-refractivity contribution in [3.05, 3.63) is 62.5 Å². The van der Waals surface area contributed by atoms with E-state index in [4.69, 9.17) is 5.73 Å². The number of rotatable bonds is 3. The fourth-order valence-electron chi connectivity index (χ4n) is 1.64. The van der Waals surface area contributed by atoms with E-state index in [0.717, 1.165) is 8.95 Å². The standard InChI is InChI=1S/C14H10Br2N2O2/c15-10-4-9(5-11(16)7-10)14(20)18-12-3-1-2-8(6-12)13(17)19/h1-7H,(H2,17,19)(H,18,20). The first-order valence-corrected chi connectivity index (χ1v) is 7.21. The van der Waals surface area contributed by atoms with Crippen molar-refractivity contribution in [2.45, 2.75) is 0 Å². The van der Waals surface area contributed by atoms with E-state index in [1.165, 1.54) is 6.07 Å². The Morgan fingerprint density at radius 2 is 1.60 bits per heavy atom. The zero-order valence-corrected chi connectivity index (χ0v) is 13.4. The number of carbonyl (C=O) groups excluding carboxylic acids is 2. The highest BCUT2D eigenvalue weighted by Crippen LogP contribution is 2.21. The van der Waals surface area contributed by atoms with Gasteiger partial charge in [-0.25, -0.2) is 0 Å². The van der Waals surface area contributed by atoms with Gasteiger partial charge in [0.1, 0.15) is 0 Å². The van der Waals surface area contributed by atoms with Crippen molar-refractivity contribution in [2.24, 2.45) is 5.73 Å². The predicted molar refractivity (Wildman–Crippen MR) is 84.8 cm³/mol. The van der Waals surface area contributed by atoms with Gasteiger partial charge in [0.15, 0.2) is 0 Å². The molecule has 0 saturated carbocycles. The minimum Gasteiger partial charge on any atom is -0.366 e. The Hall–Kier alpha value is -1.66. The molecule has 0 aromatic heterocycles. The molecule has 0 heterocycles. The maximum atomic E-state index is 12.1. The number of hydrogen-bond donors (Lipinski definition) is 2. The van der Waals surface area contributed by atoms with E-state index in [1.54, 1.807) is 30.3 Å². The normalized spacial score (nSPS) is 10.1. The molecule has 3 N–H and O–H groups in total. The van der Waals surface area contributed by atoms with Crippen molar-refractivity contribution >= 4 is 49.4 Å². The monoisotopic (exact) mass is 396 g/mol. The molecule has 4 nitrogen and oxygen atoms in total. The number of halogens is 2. The van der Waals surface area contributed by atoms with Crippen LogP contribution in [0, 0.1) is 0 Å². The fraction of sp³-hybridized carbons (Fsp3) is 0. The molecule has 0 bridgehead atoms. The Labute approximate surface area is 132 Å². The molecule has 0 radical (unpaired) electrons. The fourth-order valence-corrected chi connectivity index (χ4v) is 2.93. The second-order valence-electron chi connectivity index (χ2n) is 4.06. The quantitative estimate of drug-likeness (QED) is 0.830. The highest BCUT2D eigenvalue weighted by Gasteiger charge is 2.09. The summed E-state index contributed by atoms with van der Waals surface area (Å²) >= 11 is 6.65. The molecule has 0 saturated heterocycles. The zero-order chi connectivity index (χ0) is 14.7. The van der Waals surface area contributed by atoms with Crippen LogP contribution in [0.15, 0.2) is 51.4 Å². The summed E-state index contributed by atoms with van der Waals surface area (Å²) in [5.41, 5.74) is 6.56. The first kappa shape index (κ1) is 14.7. The van der Waals surface area contributed by atoms with Gasteiger partial charge in [0.2, 0.25) is 5.91 Å². The van der Waals surface area contributed by atoms with Crippen LogP contribution in [-0.4, -0.2) is 11.8 Å². The van der Waals surface area contributed by atoms with Gasteiger partial charge >= 0.3 is 0 Å². The highest BCUT2D eigenvalue weighted by molar-refractivity contribution is 9.11. The van der Waals surface area contributed by atoms with Crippen molar-refractivity contribution in [1.29, 1.82) is 0 Å². The molecule has 2 aromatic rings. The Balaban J connectivity index is 2.23. The van der Waals surface area contributed by atoms with Gasteiger partial charge in [0.25, 0.3) is 5.91 Å². The van der Waals surface area contributed by atoms with Gasteiger partial charge in [0.05, 0.1) is 0 Å². The molecule has 2 rings (SSSR count). The lowest BCUT2D eigenvalue weighted by Gasteiger charge is -2.07. The third kappa shape index (κ3) is 3.68. The first-order chi connectivity index (χ1) is 9.45. The third-order valence-corrected chi connectivity index (χ3v) is 3.45. The van der Waals surface area contributed by atoms with Crippen molar-refractivity contribution < 1.29 is 9.59 Å². The number of nitrogens with one attached hydrogen (secondary N) is 1. The van der Waals surface area contributed by atoms with Gasteiger partial charge in [0, 0.05) is 25.8 Å². The lowest BCUT2D eigenvalue weighted by molar-refractivity contribution is 0.0996. The average Bonchev–Trinajstić information content (AvgIpc) is 2.37. The molecule has 0 unspecified atom stereocenters. The molecule has 0 aliphatic rings. The molecule has 20 heavy (non-hydrogen) atoms. The Morgan fingerprint density at radius 1 is 0.950 bits per heavy atom. The van der Waals surface area contributed by atoms with E-state index in [-0.39, 0.29) is 5.91 Å². The number of anilines is 1. The van der Waals surface area contributed by atoms with Crippen LogP contribution in [0.3, 0.4) is 0 Å². The van der Waals surface area contributed by atoms with E-state index in [0.29, 0.717) is 16.8 Å². The highest BCUT2D eigenvalue weighted by atomic mass is 79.9. The molecule has 0 aliphatic carbocycles. The molecule has 2 amide bonds. The number of primary amides is 1. The van der Waals surface area contributed by atoms with Crippen LogP contribution in [0.4, 0.5) is 5.69 Å². The van der Waals surface area contributed by atoms with Crippen LogP contribution in [0.2, 0.25) is 0 Å². The van der Waals surface area contributed by atoms with Crippen LogP contribution < -0.4 is 11.1 Å². The summed E-state index contributed by atoms with van der Waals surface area (Å²) in [5, 5.41) is 2.72. The smallest absolute Gasteiger partial charge is 0.255 e. The van der Waals surface area contributed by atoms with Crippen LogP contribution in [0.25, 0.3) is 0 Å². The van der Waals surface area contributed by atoms with Crippen molar-refractivity contribution in [3.8, 4) is 0 Å². The first-order valence-electron chi connectivity index (χ1n) is 5.63. The van der Waals surface area contributed by atoms with Gasteiger partial charge in [-0.1, -0.05) is 37.9 Å². The Morgan fingerprint density at radius 3 is 2.20 bits per heavy atom. The molecule has 0 fully saturated rings. The van der Waals surface area contributed by atoms with Gasteiger partial charge in [-0.3, -0.25) is 9.59 Å². The van der Waals surface area contributed by atoms with Crippen molar-refractivity contribution in [1.82, 2.24) is 0 Å². The summed E-state index contributed by atoms with van der Waals surface area (Å²) in [6.45, 7) is 0. The number of hydrogen-bond acceptors (Lipinski definition) is 2. The van der Waals surface area contributed by atoms with Gasteiger partial charge in [-0.15, -0.1) is 0 Å². The molecule has 0 aliphatic heterocycles. The van der Waals surface area contributed by atoms with E-state index < -0.39 is 5.91 Å². The molecule has 0 atom stereocenters. The van der Waals surface area contributed by atoms with Crippen LogP contribution >= 0.6 is 31.9 Å². The van der Waals surface area contributed by atoms with Crippen LogP contribution in [-0.2, 0) is 0 Å². The van der Waals surface area contributed by atoms with Gasteiger partial charge in [-0.05, 0) is 36.4 Å². The van der Waals surface area contributed by atoms with E-state index >= 15 is 0 Å².